The standard InChI is InChI=1S/C19H16BrF2N3OS/c1-11-3-4-16(12(2)7-11)25-6-5-23-19(25)27-10-17(26)24-18-14(20)8-13(21)9-15(18)22/h3-9H,10H2,1-2H3,(H,24,26). The minimum Gasteiger partial charge on any atom is -0.322 e. The molecule has 0 aliphatic rings. The fourth-order valence-corrected chi connectivity index (χ4v) is 3.90. The summed E-state index contributed by atoms with van der Waals surface area (Å²) in [6, 6.07) is 7.91. The van der Waals surface area contributed by atoms with Crippen molar-refractivity contribution in [2.24, 2.45) is 0 Å². The van der Waals surface area contributed by atoms with Gasteiger partial charge in [0.25, 0.3) is 0 Å². The monoisotopic (exact) mass is 451 g/mol. The van der Waals surface area contributed by atoms with Crippen LogP contribution in [-0.4, -0.2) is 21.2 Å². The molecule has 27 heavy (non-hydrogen) atoms. The average Bonchev–Trinajstić information content (AvgIpc) is 3.04. The largest absolute Gasteiger partial charge is 0.322 e. The molecule has 0 unspecified atom stereocenters. The van der Waals surface area contributed by atoms with Gasteiger partial charge in [-0.1, -0.05) is 29.5 Å². The smallest absolute Gasteiger partial charge is 0.234 e. The van der Waals surface area contributed by atoms with Gasteiger partial charge in [-0.3, -0.25) is 9.36 Å². The Bertz CT molecular complexity index is 983. The number of imidazole rings is 1. The molecule has 140 valence electrons. The molecular weight excluding hydrogens is 436 g/mol. The molecule has 4 nitrogen and oxygen atoms in total. The number of hydrogen-bond acceptors (Lipinski definition) is 3. The molecule has 1 aromatic heterocycles. The highest BCUT2D eigenvalue weighted by Crippen LogP contribution is 2.28. The molecule has 3 aromatic rings. The van der Waals surface area contributed by atoms with Crippen LogP contribution in [0.3, 0.4) is 0 Å². The van der Waals surface area contributed by atoms with Gasteiger partial charge in [-0.15, -0.1) is 0 Å². The molecule has 8 heteroatoms. The molecule has 3 rings (SSSR count). The number of hydrogen-bond donors (Lipinski definition) is 1. The number of benzene rings is 2. The van der Waals surface area contributed by atoms with E-state index in [4.69, 9.17) is 0 Å². The number of aromatic nitrogens is 2. The van der Waals surface area contributed by atoms with Gasteiger partial charge in [0.05, 0.1) is 17.1 Å². The maximum Gasteiger partial charge on any atom is 0.234 e. The van der Waals surface area contributed by atoms with E-state index in [9.17, 15) is 13.6 Å². The minimum atomic E-state index is -0.836. The second kappa shape index (κ2) is 8.22. The van der Waals surface area contributed by atoms with Gasteiger partial charge in [-0.2, -0.15) is 0 Å². The Labute approximate surface area is 168 Å². The SMILES string of the molecule is Cc1ccc(-n2ccnc2SCC(=O)Nc2c(F)cc(F)cc2Br)c(C)c1. The Hall–Kier alpha value is -2.19. The predicted molar refractivity (Wildman–Crippen MR) is 106 cm³/mol. The van der Waals surface area contributed by atoms with Crippen molar-refractivity contribution in [1.82, 2.24) is 9.55 Å². The third-order valence-electron chi connectivity index (χ3n) is 3.82. The Morgan fingerprint density at radius 1 is 1.26 bits per heavy atom. The number of amides is 1. The molecule has 0 fully saturated rings. The van der Waals surface area contributed by atoms with Gasteiger partial charge in [0.15, 0.2) is 11.0 Å². The maximum atomic E-state index is 13.8. The Morgan fingerprint density at radius 2 is 2.04 bits per heavy atom. The zero-order chi connectivity index (χ0) is 19.6. The summed E-state index contributed by atoms with van der Waals surface area (Å²) in [5, 5.41) is 3.11. The van der Waals surface area contributed by atoms with Gasteiger partial charge in [0.2, 0.25) is 5.91 Å². The van der Waals surface area contributed by atoms with E-state index in [2.05, 4.69) is 32.3 Å². The summed E-state index contributed by atoms with van der Waals surface area (Å²) in [4.78, 5) is 16.5. The highest BCUT2D eigenvalue weighted by Gasteiger charge is 2.15. The van der Waals surface area contributed by atoms with Crippen molar-refractivity contribution in [3.63, 3.8) is 0 Å². The van der Waals surface area contributed by atoms with Crippen LogP contribution in [0.5, 0.6) is 0 Å². The first-order chi connectivity index (χ1) is 12.8. The fourth-order valence-electron chi connectivity index (χ4n) is 2.62. The van der Waals surface area contributed by atoms with Gasteiger partial charge in [-0.05, 0) is 47.5 Å². The van der Waals surface area contributed by atoms with Crippen molar-refractivity contribution >= 4 is 39.3 Å². The van der Waals surface area contributed by atoms with Crippen LogP contribution in [0.2, 0.25) is 0 Å². The molecule has 1 amide bonds. The number of carbonyl (C=O) groups excluding carboxylic acids is 1. The van der Waals surface area contributed by atoms with Crippen LogP contribution < -0.4 is 5.32 Å². The van der Waals surface area contributed by atoms with E-state index in [1.54, 1.807) is 6.20 Å². The number of nitrogens with one attached hydrogen (secondary N) is 1. The van der Waals surface area contributed by atoms with E-state index in [-0.39, 0.29) is 15.9 Å². The second-order valence-electron chi connectivity index (χ2n) is 5.95. The molecule has 1 N–H and O–H groups in total. The fraction of sp³-hybridized carbons (Fsp3) is 0.158. The van der Waals surface area contributed by atoms with Crippen LogP contribution in [0.15, 0.2) is 52.4 Å². The highest BCUT2D eigenvalue weighted by atomic mass is 79.9. The predicted octanol–water partition coefficient (Wildman–Crippen LogP) is 5.26. The van der Waals surface area contributed by atoms with Gasteiger partial charge in [0, 0.05) is 22.9 Å². The second-order valence-corrected chi connectivity index (χ2v) is 7.75. The number of thioether (sulfide) groups is 1. The number of nitrogens with zero attached hydrogens (tertiary/aromatic N) is 2. The summed E-state index contributed by atoms with van der Waals surface area (Å²) in [5.74, 6) is -1.94. The highest BCUT2D eigenvalue weighted by molar-refractivity contribution is 9.10. The summed E-state index contributed by atoms with van der Waals surface area (Å²) in [6.07, 6.45) is 3.49. The van der Waals surface area contributed by atoms with Crippen LogP contribution in [0.25, 0.3) is 5.69 Å². The third-order valence-corrected chi connectivity index (χ3v) is 5.41. The lowest BCUT2D eigenvalue weighted by molar-refractivity contribution is -0.113. The molecule has 0 atom stereocenters. The molecule has 0 aliphatic carbocycles. The van der Waals surface area contributed by atoms with Crippen molar-refractivity contribution < 1.29 is 13.6 Å². The molecule has 0 radical (unpaired) electrons. The summed E-state index contributed by atoms with van der Waals surface area (Å²) in [5.41, 5.74) is 3.15. The zero-order valence-electron chi connectivity index (χ0n) is 14.6. The molecule has 0 saturated carbocycles. The summed E-state index contributed by atoms with van der Waals surface area (Å²) in [7, 11) is 0. The van der Waals surface area contributed by atoms with E-state index < -0.39 is 17.5 Å². The summed E-state index contributed by atoms with van der Waals surface area (Å²) >= 11 is 4.29. The molecule has 0 aliphatic heterocycles. The van der Waals surface area contributed by atoms with Gasteiger partial charge in [0.1, 0.15) is 5.82 Å². The molecule has 0 bridgehead atoms. The van der Waals surface area contributed by atoms with Crippen LogP contribution in [0.1, 0.15) is 11.1 Å². The van der Waals surface area contributed by atoms with Crippen molar-refractivity contribution in [2.75, 3.05) is 11.1 Å². The van der Waals surface area contributed by atoms with Crippen molar-refractivity contribution in [2.45, 2.75) is 19.0 Å². The van der Waals surface area contributed by atoms with Gasteiger partial charge >= 0.3 is 0 Å². The number of rotatable bonds is 5. The number of carbonyl (C=O) groups is 1. The number of anilines is 1. The number of halogens is 3. The first-order valence-electron chi connectivity index (χ1n) is 8.03. The van der Waals surface area contributed by atoms with Gasteiger partial charge < -0.3 is 5.32 Å². The van der Waals surface area contributed by atoms with E-state index in [1.165, 1.54) is 11.8 Å². The Balaban J connectivity index is 1.71. The average molecular weight is 452 g/mol. The van der Waals surface area contributed by atoms with Crippen molar-refractivity contribution in [1.29, 1.82) is 0 Å². The topological polar surface area (TPSA) is 46.9 Å². The lowest BCUT2D eigenvalue weighted by Crippen LogP contribution is -2.16. The Kier molecular flexibility index (Phi) is 5.96. The zero-order valence-corrected chi connectivity index (χ0v) is 17.0. The van der Waals surface area contributed by atoms with Crippen molar-refractivity contribution in [3.8, 4) is 5.69 Å². The van der Waals surface area contributed by atoms with E-state index in [0.29, 0.717) is 5.16 Å². The van der Waals surface area contributed by atoms with Crippen LogP contribution in [-0.2, 0) is 4.79 Å². The number of aryl methyl sites for hydroxylation is 2. The van der Waals surface area contributed by atoms with Crippen molar-refractivity contribution in [3.05, 3.63) is 70.0 Å². The van der Waals surface area contributed by atoms with E-state index >= 15 is 0 Å². The minimum absolute atomic E-state index is 0.0329. The lowest BCUT2D eigenvalue weighted by Gasteiger charge is -2.12. The third kappa shape index (κ3) is 4.56. The molecular formula is C19H16BrF2N3OS. The summed E-state index contributed by atoms with van der Waals surface area (Å²) in [6.45, 7) is 4.04. The molecule has 1 heterocycles. The van der Waals surface area contributed by atoms with Gasteiger partial charge in [-0.25, -0.2) is 13.8 Å². The quantitative estimate of drug-likeness (QED) is 0.538. The molecule has 2 aromatic carbocycles. The van der Waals surface area contributed by atoms with E-state index in [0.717, 1.165) is 28.9 Å². The summed E-state index contributed by atoms with van der Waals surface area (Å²) < 4.78 is 29.0. The van der Waals surface area contributed by atoms with Crippen LogP contribution in [0, 0.1) is 25.5 Å². The van der Waals surface area contributed by atoms with Crippen LogP contribution in [0.4, 0.5) is 14.5 Å². The Morgan fingerprint density at radius 3 is 2.74 bits per heavy atom. The van der Waals surface area contributed by atoms with Crippen LogP contribution >= 0.6 is 27.7 Å². The normalized spacial score (nSPS) is 10.9. The van der Waals surface area contributed by atoms with E-state index in [1.807, 2.05) is 36.7 Å². The first kappa shape index (κ1) is 19.6. The molecule has 0 saturated heterocycles. The first-order valence-corrected chi connectivity index (χ1v) is 9.81. The maximum absolute atomic E-state index is 13.8. The molecule has 0 spiro atoms. The lowest BCUT2D eigenvalue weighted by atomic mass is 10.1.